The molecule has 14 heavy (non-hydrogen) atoms. The fourth-order valence-electron chi connectivity index (χ4n) is 1.69. The molecule has 1 aliphatic heterocycles. The van der Waals surface area contributed by atoms with E-state index in [2.05, 4.69) is 13.8 Å². The van der Waals surface area contributed by atoms with Gasteiger partial charge in [-0.1, -0.05) is 26.7 Å². The molecule has 1 unspecified atom stereocenters. The lowest BCUT2D eigenvalue weighted by atomic mass is 10.1. The second-order valence-electron chi connectivity index (χ2n) is 4.04. The Kier molecular flexibility index (Phi) is 4.38. The van der Waals surface area contributed by atoms with E-state index in [1.165, 1.54) is 0 Å². The quantitative estimate of drug-likeness (QED) is 0.707. The van der Waals surface area contributed by atoms with E-state index in [1.54, 1.807) is 0 Å². The van der Waals surface area contributed by atoms with Crippen molar-refractivity contribution in [1.82, 2.24) is 0 Å². The molecular weight excluding hydrogens is 200 g/mol. The van der Waals surface area contributed by atoms with Gasteiger partial charge in [-0.2, -0.15) is 0 Å². The van der Waals surface area contributed by atoms with Crippen LogP contribution in [0.3, 0.4) is 0 Å². The Morgan fingerprint density at radius 3 is 2.43 bits per heavy atom. The monoisotopic (exact) mass is 220 g/mol. The van der Waals surface area contributed by atoms with Crippen LogP contribution in [0.2, 0.25) is 0 Å². The van der Waals surface area contributed by atoms with Crippen molar-refractivity contribution < 1.29 is 13.2 Å². The molecule has 4 heteroatoms. The van der Waals surface area contributed by atoms with Crippen molar-refractivity contribution in [2.75, 3.05) is 18.1 Å². The predicted molar refractivity (Wildman–Crippen MR) is 57.1 cm³/mol. The molecule has 1 heterocycles. The molecule has 0 amide bonds. The van der Waals surface area contributed by atoms with E-state index >= 15 is 0 Å². The summed E-state index contributed by atoms with van der Waals surface area (Å²) < 4.78 is 27.9. The van der Waals surface area contributed by atoms with E-state index in [4.69, 9.17) is 4.74 Å². The molecule has 1 fully saturated rings. The van der Waals surface area contributed by atoms with Gasteiger partial charge in [0.15, 0.2) is 9.84 Å². The van der Waals surface area contributed by atoms with E-state index < -0.39 is 9.84 Å². The van der Waals surface area contributed by atoms with Crippen molar-refractivity contribution >= 4 is 9.84 Å². The third-order valence-electron chi connectivity index (χ3n) is 2.91. The Morgan fingerprint density at radius 2 is 2.00 bits per heavy atom. The first-order chi connectivity index (χ1) is 6.57. The van der Waals surface area contributed by atoms with Gasteiger partial charge in [0.05, 0.1) is 17.6 Å². The summed E-state index contributed by atoms with van der Waals surface area (Å²) in [6.45, 7) is 5.00. The van der Waals surface area contributed by atoms with Crippen LogP contribution in [0.1, 0.15) is 33.1 Å². The fraction of sp³-hybridized carbons (Fsp3) is 1.00. The largest absolute Gasteiger partial charge is 0.377 e. The van der Waals surface area contributed by atoms with Crippen LogP contribution >= 0.6 is 0 Å². The molecule has 0 radical (unpaired) electrons. The van der Waals surface area contributed by atoms with Crippen molar-refractivity contribution in [3.05, 3.63) is 0 Å². The SMILES string of the molecule is CCC(CC)COC1CCS(=O)(=O)C1. The summed E-state index contributed by atoms with van der Waals surface area (Å²) in [7, 11) is -2.78. The van der Waals surface area contributed by atoms with E-state index in [0.29, 0.717) is 24.7 Å². The average Bonchev–Trinajstić information content (AvgIpc) is 2.47. The van der Waals surface area contributed by atoms with Crippen molar-refractivity contribution in [2.45, 2.75) is 39.2 Å². The van der Waals surface area contributed by atoms with Crippen molar-refractivity contribution in [3.8, 4) is 0 Å². The number of hydrogen-bond acceptors (Lipinski definition) is 3. The highest BCUT2D eigenvalue weighted by Gasteiger charge is 2.28. The number of hydrogen-bond donors (Lipinski definition) is 0. The molecule has 0 bridgehead atoms. The van der Waals surface area contributed by atoms with Gasteiger partial charge in [-0.15, -0.1) is 0 Å². The van der Waals surface area contributed by atoms with E-state index in [1.807, 2.05) is 0 Å². The maximum atomic E-state index is 11.1. The maximum Gasteiger partial charge on any atom is 0.152 e. The second-order valence-corrected chi connectivity index (χ2v) is 6.27. The first-order valence-electron chi connectivity index (χ1n) is 5.39. The molecule has 0 spiro atoms. The van der Waals surface area contributed by atoms with E-state index in [0.717, 1.165) is 12.8 Å². The van der Waals surface area contributed by atoms with Gasteiger partial charge in [-0.05, 0) is 12.3 Å². The molecule has 1 rings (SSSR count). The van der Waals surface area contributed by atoms with Gasteiger partial charge in [0.1, 0.15) is 0 Å². The Balaban J connectivity index is 2.26. The van der Waals surface area contributed by atoms with Crippen LogP contribution in [0, 0.1) is 5.92 Å². The van der Waals surface area contributed by atoms with Gasteiger partial charge in [-0.3, -0.25) is 0 Å². The summed E-state index contributed by atoms with van der Waals surface area (Å²) in [5.74, 6) is 1.12. The molecule has 0 N–H and O–H groups in total. The smallest absolute Gasteiger partial charge is 0.152 e. The van der Waals surface area contributed by atoms with Crippen LogP contribution in [0.5, 0.6) is 0 Å². The van der Waals surface area contributed by atoms with Gasteiger partial charge in [0, 0.05) is 6.61 Å². The second kappa shape index (κ2) is 5.12. The normalized spacial score (nSPS) is 25.8. The highest BCUT2D eigenvalue weighted by Crippen LogP contribution is 2.17. The molecule has 0 aromatic carbocycles. The minimum absolute atomic E-state index is 0.0411. The summed E-state index contributed by atoms with van der Waals surface area (Å²) >= 11 is 0. The van der Waals surface area contributed by atoms with E-state index in [-0.39, 0.29) is 11.9 Å². The van der Waals surface area contributed by atoms with Crippen LogP contribution in [0.25, 0.3) is 0 Å². The first kappa shape index (κ1) is 12.0. The predicted octanol–water partition coefficient (Wildman–Crippen LogP) is 1.63. The average molecular weight is 220 g/mol. The third kappa shape index (κ3) is 3.58. The van der Waals surface area contributed by atoms with Crippen molar-refractivity contribution in [3.63, 3.8) is 0 Å². The Labute approximate surface area is 86.8 Å². The van der Waals surface area contributed by atoms with E-state index in [9.17, 15) is 8.42 Å². The molecule has 1 atom stereocenters. The summed E-state index contributed by atoms with van der Waals surface area (Å²) in [6.07, 6.45) is 2.86. The molecule has 0 saturated carbocycles. The zero-order valence-corrected chi connectivity index (χ0v) is 9.85. The fourth-order valence-corrected chi connectivity index (χ4v) is 3.31. The lowest BCUT2D eigenvalue weighted by Crippen LogP contribution is -2.19. The zero-order valence-electron chi connectivity index (χ0n) is 9.03. The molecule has 3 nitrogen and oxygen atoms in total. The molecular formula is C10H20O3S. The Morgan fingerprint density at radius 1 is 1.36 bits per heavy atom. The lowest BCUT2D eigenvalue weighted by molar-refractivity contribution is 0.0426. The van der Waals surface area contributed by atoms with Gasteiger partial charge in [0.2, 0.25) is 0 Å². The molecule has 84 valence electrons. The Hall–Kier alpha value is -0.0900. The van der Waals surface area contributed by atoms with Gasteiger partial charge in [0.25, 0.3) is 0 Å². The van der Waals surface area contributed by atoms with Crippen molar-refractivity contribution in [2.24, 2.45) is 5.92 Å². The zero-order chi connectivity index (χ0) is 10.6. The standard InChI is InChI=1S/C10H20O3S/c1-3-9(4-2)7-13-10-5-6-14(11,12)8-10/h9-10H,3-8H2,1-2H3. The topological polar surface area (TPSA) is 43.4 Å². The number of rotatable bonds is 5. The lowest BCUT2D eigenvalue weighted by Gasteiger charge is -2.15. The molecule has 1 saturated heterocycles. The summed E-state index contributed by atoms with van der Waals surface area (Å²) in [6, 6.07) is 0. The number of sulfone groups is 1. The highest BCUT2D eigenvalue weighted by molar-refractivity contribution is 7.91. The van der Waals surface area contributed by atoms with Crippen LogP contribution in [0.15, 0.2) is 0 Å². The summed E-state index contributed by atoms with van der Waals surface area (Å²) in [4.78, 5) is 0. The minimum Gasteiger partial charge on any atom is -0.377 e. The molecule has 1 aliphatic rings. The molecule has 0 aromatic heterocycles. The molecule has 0 aromatic rings. The third-order valence-corrected chi connectivity index (χ3v) is 4.65. The number of ether oxygens (including phenoxy) is 1. The van der Waals surface area contributed by atoms with Crippen molar-refractivity contribution in [1.29, 1.82) is 0 Å². The summed E-state index contributed by atoms with van der Waals surface area (Å²) in [5.41, 5.74) is 0. The van der Waals surface area contributed by atoms with Gasteiger partial charge < -0.3 is 4.74 Å². The Bertz CT molecular complexity index is 255. The summed E-state index contributed by atoms with van der Waals surface area (Å²) in [5, 5.41) is 0. The maximum absolute atomic E-state index is 11.1. The van der Waals surface area contributed by atoms with Crippen LogP contribution in [0.4, 0.5) is 0 Å². The molecule has 0 aliphatic carbocycles. The van der Waals surface area contributed by atoms with Crippen LogP contribution in [-0.4, -0.2) is 32.6 Å². The highest BCUT2D eigenvalue weighted by atomic mass is 32.2. The minimum atomic E-state index is -2.78. The van der Waals surface area contributed by atoms with Crippen LogP contribution in [-0.2, 0) is 14.6 Å². The van der Waals surface area contributed by atoms with Gasteiger partial charge >= 0.3 is 0 Å². The first-order valence-corrected chi connectivity index (χ1v) is 7.21. The van der Waals surface area contributed by atoms with Crippen LogP contribution < -0.4 is 0 Å². The van der Waals surface area contributed by atoms with Gasteiger partial charge in [-0.25, -0.2) is 8.42 Å².